The van der Waals surface area contributed by atoms with Gasteiger partial charge in [-0.05, 0) is 89.8 Å². The number of rotatable bonds is 11. The van der Waals surface area contributed by atoms with Crippen molar-refractivity contribution in [3.63, 3.8) is 0 Å². The van der Waals surface area contributed by atoms with Gasteiger partial charge < -0.3 is 36.0 Å². The first-order chi connectivity index (χ1) is 24.7. The number of phenols is 5. The first-order valence-electron chi connectivity index (χ1n) is 18.1. The highest BCUT2D eigenvalue weighted by Crippen LogP contribution is 2.59. The number of aliphatic hydroxyl groups is 1. The summed E-state index contributed by atoms with van der Waals surface area (Å²) < 4.78 is 0. The summed E-state index contributed by atoms with van der Waals surface area (Å²) in [6, 6.07) is 17.8. The lowest BCUT2D eigenvalue weighted by atomic mass is 9.52. The SMILES string of the molecule is OC[C@H]1C2(CCCC2)CCC[C@@]1(CNCc1ccc(CCc2c(O)c(O)c3c(O)cccc3c2/C=C/c2ccc(O)c(O)c2)cc1)C1=NCN=C1. The Kier molecular flexibility index (Phi) is 9.77. The third-order valence-corrected chi connectivity index (χ3v) is 11.8. The van der Waals surface area contributed by atoms with Gasteiger partial charge in [0.1, 0.15) is 12.4 Å². The smallest absolute Gasteiger partial charge is 0.169 e. The number of aryl methyl sites for hydroxylation is 1. The molecule has 4 aromatic rings. The molecule has 7 N–H and O–H groups in total. The van der Waals surface area contributed by atoms with Gasteiger partial charge in [-0.15, -0.1) is 0 Å². The standard InChI is InChI=1S/C42H47N3O6/c46-24-36-41(17-1-2-18-41)19-4-20-42(36,37-23-44-26-45-37)25-43-22-29-9-7-27(8-10-29)11-15-32-30(14-12-28-13-16-33(47)35(49)21-28)31-5-3-6-34(48)38(31)40(51)39(32)50/h3,5-10,12-14,16,21,23,36,43,46-51H,1-2,4,11,15,17-20,22,24-26H2/b14-12+/t36-,42-/m0/s1. The van der Waals surface area contributed by atoms with Gasteiger partial charge in [-0.25, -0.2) is 0 Å². The highest BCUT2D eigenvalue weighted by atomic mass is 16.3. The number of hydrogen-bond acceptors (Lipinski definition) is 9. The molecule has 1 spiro atoms. The van der Waals surface area contributed by atoms with Crippen LogP contribution < -0.4 is 5.32 Å². The van der Waals surface area contributed by atoms with Gasteiger partial charge in [-0.1, -0.05) is 73.9 Å². The van der Waals surface area contributed by atoms with Crippen molar-refractivity contribution in [3.8, 4) is 28.7 Å². The molecule has 0 unspecified atom stereocenters. The number of aromatic hydroxyl groups is 5. The number of aliphatic imine (C=N–C) groups is 2. The van der Waals surface area contributed by atoms with Crippen LogP contribution in [-0.2, 0) is 19.4 Å². The maximum absolute atomic E-state index is 11.2. The number of hydrogen-bond donors (Lipinski definition) is 7. The predicted molar refractivity (Wildman–Crippen MR) is 202 cm³/mol. The van der Waals surface area contributed by atoms with Crippen molar-refractivity contribution in [1.82, 2.24) is 5.32 Å². The van der Waals surface area contributed by atoms with Crippen LogP contribution >= 0.6 is 0 Å². The van der Waals surface area contributed by atoms with Gasteiger partial charge in [-0.2, -0.15) is 0 Å². The summed E-state index contributed by atoms with van der Waals surface area (Å²) >= 11 is 0. The van der Waals surface area contributed by atoms with E-state index in [0.29, 0.717) is 48.1 Å². The lowest BCUT2D eigenvalue weighted by Crippen LogP contribution is -2.56. The van der Waals surface area contributed by atoms with Gasteiger partial charge in [0.15, 0.2) is 23.0 Å². The van der Waals surface area contributed by atoms with Crippen molar-refractivity contribution in [2.45, 2.75) is 64.3 Å². The summed E-state index contributed by atoms with van der Waals surface area (Å²) in [7, 11) is 0. The molecule has 0 bridgehead atoms. The third kappa shape index (κ3) is 6.56. The van der Waals surface area contributed by atoms with Crippen LogP contribution in [0.2, 0.25) is 0 Å². The molecular weight excluding hydrogens is 642 g/mol. The minimum Gasteiger partial charge on any atom is -0.507 e. The third-order valence-electron chi connectivity index (χ3n) is 11.8. The van der Waals surface area contributed by atoms with Gasteiger partial charge in [0, 0.05) is 42.8 Å². The van der Waals surface area contributed by atoms with Crippen molar-refractivity contribution in [2.75, 3.05) is 19.8 Å². The maximum Gasteiger partial charge on any atom is 0.169 e. The molecule has 0 saturated heterocycles. The van der Waals surface area contributed by atoms with E-state index in [1.807, 2.05) is 6.21 Å². The summed E-state index contributed by atoms with van der Waals surface area (Å²) in [6.45, 7) is 2.07. The van der Waals surface area contributed by atoms with Gasteiger partial charge in [0.25, 0.3) is 0 Å². The quantitative estimate of drug-likeness (QED) is 0.0646. The monoisotopic (exact) mass is 689 g/mol. The Morgan fingerprint density at radius 2 is 1.53 bits per heavy atom. The first kappa shape index (κ1) is 34.6. The summed E-state index contributed by atoms with van der Waals surface area (Å²) in [6.07, 6.45) is 14.7. The van der Waals surface area contributed by atoms with Gasteiger partial charge in [0.05, 0.1) is 11.1 Å². The van der Waals surface area contributed by atoms with E-state index in [-0.39, 0.29) is 57.5 Å². The van der Waals surface area contributed by atoms with Crippen molar-refractivity contribution in [1.29, 1.82) is 0 Å². The second-order valence-corrected chi connectivity index (χ2v) is 14.6. The minimum atomic E-state index is -0.369. The molecule has 9 heteroatoms. The molecule has 4 aromatic carbocycles. The van der Waals surface area contributed by atoms with E-state index in [0.717, 1.165) is 36.2 Å². The second kappa shape index (κ2) is 14.4. The Bertz CT molecular complexity index is 2000. The molecule has 3 aliphatic rings. The maximum atomic E-state index is 11.2. The van der Waals surface area contributed by atoms with Crippen LogP contribution in [0, 0.1) is 16.7 Å². The van der Waals surface area contributed by atoms with Crippen LogP contribution in [0.15, 0.2) is 70.6 Å². The average molecular weight is 690 g/mol. The minimum absolute atomic E-state index is 0.142. The van der Waals surface area contributed by atoms with Crippen LogP contribution in [0.25, 0.3) is 22.9 Å². The molecular formula is C42H47N3O6. The molecule has 2 aliphatic carbocycles. The van der Waals surface area contributed by atoms with Gasteiger partial charge >= 0.3 is 0 Å². The molecule has 2 atom stereocenters. The Morgan fingerprint density at radius 3 is 2.25 bits per heavy atom. The van der Waals surface area contributed by atoms with Crippen LogP contribution in [0.3, 0.4) is 0 Å². The molecule has 0 radical (unpaired) electrons. The van der Waals surface area contributed by atoms with Crippen LogP contribution in [-0.4, -0.2) is 62.4 Å². The molecule has 9 nitrogen and oxygen atoms in total. The van der Waals surface area contributed by atoms with Gasteiger partial charge in [-0.3, -0.25) is 9.98 Å². The molecule has 1 aliphatic heterocycles. The zero-order valence-corrected chi connectivity index (χ0v) is 28.9. The predicted octanol–water partition coefficient (Wildman–Crippen LogP) is 7.24. The average Bonchev–Trinajstić information content (AvgIpc) is 3.85. The summed E-state index contributed by atoms with van der Waals surface area (Å²) in [5.74, 6) is -1.09. The first-order valence-corrected chi connectivity index (χ1v) is 18.1. The lowest BCUT2D eigenvalue weighted by molar-refractivity contribution is -0.0233. The molecule has 0 aromatic heterocycles. The number of benzene rings is 4. The van der Waals surface area contributed by atoms with E-state index in [1.165, 1.54) is 50.3 Å². The molecule has 2 fully saturated rings. The lowest BCUT2D eigenvalue weighted by Gasteiger charge is -2.53. The van der Waals surface area contributed by atoms with E-state index in [9.17, 15) is 30.6 Å². The van der Waals surface area contributed by atoms with E-state index >= 15 is 0 Å². The summed E-state index contributed by atoms with van der Waals surface area (Å²) in [5, 5.41) is 67.7. The van der Waals surface area contributed by atoms with Crippen molar-refractivity contribution in [2.24, 2.45) is 26.7 Å². The topological polar surface area (TPSA) is 158 Å². The largest absolute Gasteiger partial charge is 0.507 e. The van der Waals surface area contributed by atoms with Crippen molar-refractivity contribution < 1.29 is 30.6 Å². The fourth-order valence-electron chi connectivity index (χ4n) is 9.27. The Morgan fingerprint density at radius 1 is 0.765 bits per heavy atom. The van der Waals surface area contributed by atoms with E-state index < -0.39 is 0 Å². The normalized spacial score (nSPS) is 21.3. The number of nitrogens with zero attached hydrogens (tertiary/aromatic N) is 2. The van der Waals surface area contributed by atoms with Crippen LogP contribution in [0.1, 0.15) is 72.8 Å². The van der Waals surface area contributed by atoms with Crippen molar-refractivity contribution in [3.05, 3.63) is 88.5 Å². The zero-order valence-electron chi connectivity index (χ0n) is 28.9. The van der Waals surface area contributed by atoms with Crippen molar-refractivity contribution >= 4 is 34.9 Å². The number of nitrogens with one attached hydrogen (secondary N) is 1. The van der Waals surface area contributed by atoms with Gasteiger partial charge in [0.2, 0.25) is 0 Å². The van der Waals surface area contributed by atoms with E-state index in [4.69, 9.17) is 4.99 Å². The molecule has 7 rings (SSSR count). The molecule has 1 heterocycles. The number of fused-ring (bicyclic) bond motifs is 1. The zero-order chi connectivity index (χ0) is 35.6. The van der Waals surface area contributed by atoms with E-state index in [1.54, 1.807) is 30.4 Å². The Labute approximate surface area is 298 Å². The second-order valence-electron chi connectivity index (χ2n) is 14.6. The molecule has 51 heavy (non-hydrogen) atoms. The molecule has 0 amide bonds. The highest BCUT2D eigenvalue weighted by Gasteiger charge is 2.55. The van der Waals surface area contributed by atoms with E-state index in [2.05, 4.69) is 34.6 Å². The van der Waals surface area contributed by atoms with Crippen LogP contribution in [0.5, 0.6) is 28.7 Å². The fraction of sp³-hybridized carbons (Fsp3) is 0.381. The number of aliphatic hydroxyl groups excluding tert-OH is 1. The summed E-state index contributed by atoms with van der Waals surface area (Å²) in [4.78, 5) is 9.26. The Balaban J connectivity index is 1.08. The highest BCUT2D eigenvalue weighted by molar-refractivity contribution is 6.34. The fourth-order valence-corrected chi connectivity index (χ4v) is 9.27. The Hall–Kier alpha value is -4.86. The summed E-state index contributed by atoms with van der Waals surface area (Å²) in [5.41, 5.74) is 5.02. The number of phenolic OH excluding ortho intramolecular Hbond substituents is 5. The van der Waals surface area contributed by atoms with Crippen LogP contribution in [0.4, 0.5) is 0 Å². The molecule has 2 saturated carbocycles. The molecule has 266 valence electrons.